The number of nitrogens with one attached hydrogen (secondary N) is 1. The van der Waals surface area contributed by atoms with E-state index in [1.54, 1.807) is 6.20 Å². The monoisotopic (exact) mass is 373 g/mol. The maximum atomic E-state index is 13.3. The van der Waals surface area contributed by atoms with E-state index in [1.807, 2.05) is 4.90 Å². The molecule has 1 saturated carbocycles. The molecule has 0 bridgehead atoms. The van der Waals surface area contributed by atoms with Crippen LogP contribution in [0.5, 0.6) is 0 Å². The molecule has 1 N–H and O–H groups in total. The Bertz CT molecular complexity index is 676. The first-order valence-corrected chi connectivity index (χ1v) is 10.8. The van der Waals surface area contributed by atoms with E-state index in [4.69, 9.17) is 0 Å². The van der Waals surface area contributed by atoms with Crippen LogP contribution in [0.1, 0.15) is 69.2 Å². The lowest BCUT2D eigenvalue weighted by molar-refractivity contribution is 0.0763. The van der Waals surface area contributed by atoms with Crippen molar-refractivity contribution in [2.45, 2.75) is 70.4 Å². The number of hydrogen-bond donors (Lipinski definition) is 1. The van der Waals surface area contributed by atoms with Crippen LogP contribution in [0.4, 0.5) is 5.82 Å². The number of aromatic nitrogens is 2. The summed E-state index contributed by atoms with van der Waals surface area (Å²) in [5, 5.41) is 8.40. The van der Waals surface area contributed by atoms with Crippen LogP contribution in [0.2, 0.25) is 0 Å². The number of nitrogens with zero attached hydrogens (tertiary/aromatic N) is 4. The Labute approximate surface area is 163 Å². The number of amides is 1. The van der Waals surface area contributed by atoms with Crippen LogP contribution in [0.25, 0.3) is 0 Å². The average Bonchev–Trinajstić information content (AvgIpc) is 2.97. The molecule has 150 valence electrons. The van der Waals surface area contributed by atoms with Gasteiger partial charge in [-0.05, 0) is 59.0 Å². The molecule has 1 aromatic rings. The highest BCUT2D eigenvalue weighted by Gasteiger charge is 2.39. The van der Waals surface area contributed by atoms with Crippen molar-refractivity contribution in [3.05, 3.63) is 11.8 Å². The Balaban J connectivity index is 1.58. The molecule has 1 aromatic heterocycles. The van der Waals surface area contributed by atoms with Crippen LogP contribution < -0.4 is 5.32 Å². The second-order valence-corrected chi connectivity index (χ2v) is 9.43. The number of hydrogen-bond acceptors (Lipinski definition) is 4. The number of likely N-dealkylation sites (N-methyl/N-ethyl adjacent to an activating group) is 1. The van der Waals surface area contributed by atoms with Crippen LogP contribution in [0, 0.1) is 5.92 Å². The Morgan fingerprint density at radius 1 is 1.11 bits per heavy atom. The number of carbonyl (C=O) groups excluding carboxylic acids is 1. The first-order valence-electron chi connectivity index (χ1n) is 10.8. The van der Waals surface area contributed by atoms with Crippen molar-refractivity contribution in [2.75, 3.05) is 38.5 Å². The highest BCUT2D eigenvalue weighted by Crippen LogP contribution is 2.39. The summed E-state index contributed by atoms with van der Waals surface area (Å²) < 4.78 is 2.06. The van der Waals surface area contributed by atoms with E-state index in [2.05, 4.69) is 40.9 Å². The van der Waals surface area contributed by atoms with Crippen LogP contribution in [-0.4, -0.2) is 64.8 Å². The fourth-order valence-electron chi connectivity index (χ4n) is 5.20. The zero-order valence-corrected chi connectivity index (χ0v) is 17.2. The van der Waals surface area contributed by atoms with Gasteiger partial charge in [0.25, 0.3) is 5.91 Å². The summed E-state index contributed by atoms with van der Waals surface area (Å²) >= 11 is 0. The van der Waals surface area contributed by atoms with E-state index in [0.29, 0.717) is 6.04 Å². The molecule has 3 aliphatic rings. The Hall–Kier alpha value is -1.56. The van der Waals surface area contributed by atoms with Gasteiger partial charge in [0.2, 0.25) is 0 Å². The van der Waals surface area contributed by atoms with Crippen molar-refractivity contribution in [3.8, 4) is 0 Å². The van der Waals surface area contributed by atoms with E-state index < -0.39 is 0 Å². The quantitative estimate of drug-likeness (QED) is 0.865. The molecule has 6 heteroatoms. The molecule has 4 rings (SSSR count). The molecule has 1 unspecified atom stereocenters. The summed E-state index contributed by atoms with van der Waals surface area (Å²) in [4.78, 5) is 17.6. The summed E-state index contributed by atoms with van der Waals surface area (Å²) in [6.07, 6.45) is 10.6. The van der Waals surface area contributed by atoms with Gasteiger partial charge in [0.1, 0.15) is 11.4 Å². The molecule has 6 nitrogen and oxygen atoms in total. The van der Waals surface area contributed by atoms with Crippen LogP contribution in [-0.2, 0) is 5.54 Å². The molecule has 1 amide bonds. The maximum absolute atomic E-state index is 13.3. The van der Waals surface area contributed by atoms with Gasteiger partial charge in [0, 0.05) is 25.7 Å². The third-order valence-corrected chi connectivity index (χ3v) is 6.84. The van der Waals surface area contributed by atoms with Gasteiger partial charge in [0.05, 0.1) is 11.7 Å². The standard InChI is InChI=1S/C21H35N5O/c1-21(2)14-18(16-8-5-4-6-9-16)23-19-17(15-22-26(19)21)20(27)25-11-7-10-24(3)12-13-25/h15-16,18,23H,4-14H2,1-3H3. The summed E-state index contributed by atoms with van der Waals surface area (Å²) in [6, 6.07) is 0.450. The van der Waals surface area contributed by atoms with Crippen LogP contribution in [0.15, 0.2) is 6.20 Å². The molecular weight excluding hydrogens is 338 g/mol. The van der Waals surface area contributed by atoms with E-state index >= 15 is 0 Å². The number of carbonyl (C=O) groups is 1. The van der Waals surface area contributed by atoms with Crippen molar-refractivity contribution in [1.29, 1.82) is 0 Å². The molecule has 2 fully saturated rings. The molecular formula is C21H35N5O. The van der Waals surface area contributed by atoms with Gasteiger partial charge in [-0.2, -0.15) is 5.10 Å². The first kappa shape index (κ1) is 18.8. The Morgan fingerprint density at radius 3 is 2.67 bits per heavy atom. The number of anilines is 1. The van der Waals surface area contributed by atoms with E-state index in [9.17, 15) is 4.79 Å². The molecule has 1 atom stereocenters. The first-order chi connectivity index (χ1) is 13.0. The zero-order chi connectivity index (χ0) is 19.0. The van der Waals surface area contributed by atoms with Gasteiger partial charge in [0.15, 0.2) is 0 Å². The molecule has 1 saturated heterocycles. The van der Waals surface area contributed by atoms with Crippen LogP contribution >= 0.6 is 0 Å². The molecule has 2 aliphatic heterocycles. The van der Waals surface area contributed by atoms with Crippen molar-refractivity contribution >= 4 is 11.7 Å². The zero-order valence-electron chi connectivity index (χ0n) is 17.2. The van der Waals surface area contributed by atoms with Crippen LogP contribution in [0.3, 0.4) is 0 Å². The summed E-state index contributed by atoms with van der Waals surface area (Å²) in [6.45, 7) is 8.16. The normalized spacial score (nSPS) is 26.9. The minimum atomic E-state index is -0.0553. The average molecular weight is 374 g/mol. The fourth-order valence-corrected chi connectivity index (χ4v) is 5.20. The second-order valence-electron chi connectivity index (χ2n) is 9.43. The fraction of sp³-hybridized carbons (Fsp3) is 0.810. The van der Waals surface area contributed by atoms with Crippen molar-refractivity contribution in [2.24, 2.45) is 5.92 Å². The van der Waals surface area contributed by atoms with E-state index in [-0.39, 0.29) is 11.4 Å². The van der Waals surface area contributed by atoms with Gasteiger partial charge >= 0.3 is 0 Å². The predicted molar refractivity (Wildman–Crippen MR) is 108 cm³/mol. The second kappa shape index (κ2) is 7.46. The maximum Gasteiger partial charge on any atom is 0.259 e. The predicted octanol–water partition coefficient (Wildman–Crippen LogP) is 3.16. The number of rotatable bonds is 2. The third kappa shape index (κ3) is 3.73. The van der Waals surface area contributed by atoms with Gasteiger partial charge < -0.3 is 15.1 Å². The highest BCUT2D eigenvalue weighted by molar-refractivity contribution is 5.99. The number of fused-ring (bicyclic) bond motifs is 1. The van der Waals surface area contributed by atoms with Gasteiger partial charge in [-0.1, -0.05) is 19.3 Å². The molecule has 0 radical (unpaired) electrons. The lowest BCUT2D eigenvalue weighted by atomic mass is 9.78. The summed E-state index contributed by atoms with van der Waals surface area (Å²) in [7, 11) is 2.13. The third-order valence-electron chi connectivity index (χ3n) is 6.84. The van der Waals surface area contributed by atoms with Crippen molar-refractivity contribution in [1.82, 2.24) is 19.6 Å². The highest BCUT2D eigenvalue weighted by atomic mass is 16.2. The summed E-state index contributed by atoms with van der Waals surface area (Å²) in [5.74, 6) is 1.81. The Kier molecular flexibility index (Phi) is 5.19. The SMILES string of the molecule is CN1CCCN(C(=O)c2cnn3c2NC(C2CCCCC2)CC3(C)C)CC1. The Morgan fingerprint density at radius 2 is 1.89 bits per heavy atom. The van der Waals surface area contributed by atoms with Gasteiger partial charge in [-0.3, -0.25) is 4.79 Å². The molecule has 1 aliphatic carbocycles. The largest absolute Gasteiger partial charge is 0.366 e. The lowest BCUT2D eigenvalue weighted by Gasteiger charge is -2.42. The topological polar surface area (TPSA) is 53.4 Å². The van der Waals surface area contributed by atoms with Gasteiger partial charge in [-0.15, -0.1) is 0 Å². The molecule has 0 aromatic carbocycles. The van der Waals surface area contributed by atoms with Crippen molar-refractivity contribution < 1.29 is 4.79 Å². The minimum absolute atomic E-state index is 0.0553. The molecule has 0 spiro atoms. The molecule has 27 heavy (non-hydrogen) atoms. The van der Waals surface area contributed by atoms with Crippen molar-refractivity contribution in [3.63, 3.8) is 0 Å². The summed E-state index contributed by atoms with van der Waals surface area (Å²) in [5.41, 5.74) is 0.702. The lowest BCUT2D eigenvalue weighted by Crippen LogP contribution is -2.46. The molecule has 3 heterocycles. The van der Waals surface area contributed by atoms with E-state index in [1.165, 1.54) is 32.1 Å². The minimum Gasteiger partial charge on any atom is -0.366 e. The van der Waals surface area contributed by atoms with Gasteiger partial charge in [-0.25, -0.2) is 4.68 Å². The van der Waals surface area contributed by atoms with E-state index in [0.717, 1.165) is 56.3 Å². The smallest absolute Gasteiger partial charge is 0.259 e.